The number of amides is 1. The van der Waals surface area contributed by atoms with Crippen molar-refractivity contribution in [2.24, 2.45) is 5.41 Å². The van der Waals surface area contributed by atoms with Crippen LogP contribution in [0.5, 0.6) is 5.88 Å². The molecule has 8 nitrogen and oxygen atoms in total. The third kappa shape index (κ3) is 4.53. The molecule has 1 aromatic heterocycles. The molecule has 3 aromatic rings. The van der Waals surface area contributed by atoms with E-state index in [1.54, 1.807) is 18.0 Å². The molecular weight excluding hydrogens is 483 g/mol. The van der Waals surface area contributed by atoms with Crippen LogP contribution in [-0.2, 0) is 10.0 Å². The summed E-state index contributed by atoms with van der Waals surface area (Å²) in [5.41, 5.74) is 3.50. The van der Waals surface area contributed by atoms with Crippen LogP contribution >= 0.6 is 0 Å². The van der Waals surface area contributed by atoms with E-state index in [9.17, 15) is 17.7 Å². The number of sulfonamides is 1. The van der Waals surface area contributed by atoms with Gasteiger partial charge in [0.1, 0.15) is 0 Å². The molecule has 1 heterocycles. The summed E-state index contributed by atoms with van der Waals surface area (Å²) in [5, 5.41) is 0. The van der Waals surface area contributed by atoms with E-state index in [-0.39, 0.29) is 28.4 Å². The van der Waals surface area contributed by atoms with Crippen molar-refractivity contribution in [2.45, 2.75) is 50.5 Å². The molecule has 2 fully saturated rings. The second-order valence-corrected chi connectivity index (χ2v) is 11.6. The number of aryl methyl sites for hydroxylation is 2. The molecule has 36 heavy (non-hydrogen) atoms. The third-order valence-corrected chi connectivity index (χ3v) is 8.62. The Hall–Kier alpha value is -3.53. The highest BCUT2D eigenvalue weighted by atomic mass is 32.2. The van der Waals surface area contributed by atoms with Gasteiger partial charge in [0, 0.05) is 34.8 Å². The summed E-state index contributed by atoms with van der Waals surface area (Å²) in [5.74, 6) is -1.00. The molecule has 0 radical (unpaired) electrons. The molecule has 2 saturated carbocycles. The minimum absolute atomic E-state index is 0.127. The summed E-state index contributed by atoms with van der Waals surface area (Å²) in [6, 6.07) is 12.9. The number of hydrogen-bond acceptors (Lipinski definition) is 6. The third-order valence-electron chi connectivity index (χ3n) is 7.30. The lowest BCUT2D eigenvalue weighted by atomic mass is 9.76. The van der Waals surface area contributed by atoms with Crippen molar-refractivity contribution in [3.05, 3.63) is 65.2 Å². The zero-order valence-electron chi connectivity index (χ0n) is 20.3. The van der Waals surface area contributed by atoms with Crippen molar-refractivity contribution in [1.82, 2.24) is 14.9 Å². The van der Waals surface area contributed by atoms with Gasteiger partial charge in [-0.1, -0.05) is 24.3 Å². The monoisotopic (exact) mass is 510 g/mol. The topological polar surface area (TPSA) is 101 Å². The average Bonchev–Trinajstić information content (AvgIpc) is 3.63. The average molecular weight is 511 g/mol. The quantitative estimate of drug-likeness (QED) is 0.488. The summed E-state index contributed by atoms with van der Waals surface area (Å²) in [7, 11) is -2.43. The van der Waals surface area contributed by atoms with Crippen LogP contribution in [0, 0.1) is 19.3 Å². The lowest BCUT2D eigenvalue weighted by Gasteiger charge is -2.42. The van der Waals surface area contributed by atoms with Gasteiger partial charge >= 0.3 is 0 Å². The molecule has 0 aliphatic heterocycles. The van der Waals surface area contributed by atoms with Gasteiger partial charge in [0.05, 0.1) is 10.6 Å². The fraction of sp³-hybridized carbons (Fsp3) is 0.346. The first-order chi connectivity index (χ1) is 17.1. The van der Waals surface area contributed by atoms with Gasteiger partial charge in [-0.25, -0.2) is 18.1 Å². The van der Waals surface area contributed by atoms with Crippen LogP contribution in [0.1, 0.15) is 47.2 Å². The van der Waals surface area contributed by atoms with Gasteiger partial charge in [-0.15, -0.1) is 0 Å². The van der Waals surface area contributed by atoms with Crippen LogP contribution in [0.15, 0.2) is 53.4 Å². The van der Waals surface area contributed by atoms with Crippen LogP contribution in [0.2, 0.25) is 0 Å². The second kappa shape index (κ2) is 8.85. The minimum Gasteiger partial charge on any atom is -0.339 e. The lowest BCUT2D eigenvalue weighted by molar-refractivity contribution is -0.0117. The first-order valence-corrected chi connectivity index (χ1v) is 13.2. The van der Waals surface area contributed by atoms with Gasteiger partial charge in [-0.3, -0.25) is 9.74 Å². The Bertz CT molecular complexity index is 1430. The van der Waals surface area contributed by atoms with E-state index in [4.69, 9.17) is 0 Å². The van der Waals surface area contributed by atoms with Crippen LogP contribution < -0.4 is 9.66 Å². The summed E-state index contributed by atoms with van der Waals surface area (Å²) in [6.45, 7) is 3.75. The fourth-order valence-electron chi connectivity index (χ4n) is 5.00. The number of hydrogen-bond donors (Lipinski definition) is 1. The Kier molecular flexibility index (Phi) is 5.94. The Morgan fingerprint density at radius 1 is 1.08 bits per heavy atom. The Morgan fingerprint density at radius 3 is 2.39 bits per heavy atom. The van der Waals surface area contributed by atoms with E-state index in [2.05, 4.69) is 19.6 Å². The standard InChI is InChI=1S/C26H27FN4O4S/c1-16-6-4-7-17(2)23(16)21-13-22(35-27)29-25(28-21)30-36(33,34)20-9-5-8-18(12-20)24(32)31(3)19-14-26(15-19)10-11-26/h4-9,12-13,19H,10-11,14-15H2,1-3H3,(H,28,29,30). The van der Waals surface area contributed by atoms with Gasteiger partial charge in [-0.2, -0.15) is 4.98 Å². The number of benzene rings is 2. The summed E-state index contributed by atoms with van der Waals surface area (Å²) < 4.78 is 41.8. The first kappa shape index (κ1) is 24.2. The van der Waals surface area contributed by atoms with Crippen molar-refractivity contribution >= 4 is 21.9 Å². The normalized spacial score (nSPS) is 16.3. The fourth-order valence-corrected chi connectivity index (χ4v) is 5.99. The number of nitrogens with one attached hydrogen (secondary N) is 1. The molecule has 2 aromatic carbocycles. The minimum atomic E-state index is -4.18. The maximum absolute atomic E-state index is 13.2. The highest BCUT2D eigenvalue weighted by Crippen LogP contribution is 2.61. The molecule has 2 aliphatic rings. The van der Waals surface area contributed by atoms with Gasteiger partial charge in [0.2, 0.25) is 5.95 Å². The molecular formula is C26H27FN4O4S. The number of aromatic nitrogens is 2. The van der Waals surface area contributed by atoms with E-state index in [0.717, 1.165) is 29.5 Å². The SMILES string of the molecule is Cc1cccc(C)c1-c1cc(OF)nc(NS(=O)(=O)c2cccc(C(=O)N(C)C3CC4(CC4)C3)c2)n1. The smallest absolute Gasteiger partial charge is 0.268 e. The molecule has 0 saturated heterocycles. The van der Waals surface area contributed by atoms with Crippen LogP contribution in [0.4, 0.5) is 10.5 Å². The van der Waals surface area contributed by atoms with E-state index in [1.807, 2.05) is 32.0 Å². The van der Waals surface area contributed by atoms with Crippen LogP contribution in [-0.4, -0.2) is 42.3 Å². The molecule has 1 spiro atoms. The molecule has 0 atom stereocenters. The van der Waals surface area contributed by atoms with Gasteiger partial charge in [0.25, 0.3) is 21.8 Å². The number of halogens is 1. The molecule has 5 rings (SSSR count). The molecule has 10 heteroatoms. The van der Waals surface area contributed by atoms with Gasteiger partial charge in [-0.05, 0) is 74.3 Å². The van der Waals surface area contributed by atoms with E-state index < -0.39 is 15.9 Å². The number of anilines is 1. The molecule has 0 bridgehead atoms. The molecule has 0 unspecified atom stereocenters. The van der Waals surface area contributed by atoms with Gasteiger partial charge in [0.15, 0.2) is 0 Å². The van der Waals surface area contributed by atoms with Crippen LogP contribution in [0.25, 0.3) is 11.3 Å². The lowest BCUT2D eigenvalue weighted by Crippen LogP contribution is -2.46. The highest BCUT2D eigenvalue weighted by Gasteiger charge is 2.54. The summed E-state index contributed by atoms with van der Waals surface area (Å²) in [4.78, 5) is 26.5. The number of rotatable bonds is 7. The zero-order chi connectivity index (χ0) is 25.7. The zero-order valence-corrected chi connectivity index (χ0v) is 21.1. The largest absolute Gasteiger partial charge is 0.339 e. The molecule has 1 amide bonds. The predicted molar refractivity (Wildman–Crippen MR) is 133 cm³/mol. The van der Waals surface area contributed by atoms with Crippen molar-refractivity contribution in [3.63, 3.8) is 0 Å². The molecule has 2 aliphatic carbocycles. The second-order valence-electron chi connectivity index (χ2n) is 9.87. The van der Waals surface area contributed by atoms with Crippen LogP contribution in [0.3, 0.4) is 0 Å². The molecule has 1 N–H and O–H groups in total. The van der Waals surface area contributed by atoms with Gasteiger partial charge < -0.3 is 4.90 Å². The number of carbonyl (C=O) groups is 1. The maximum Gasteiger partial charge on any atom is 0.268 e. The summed E-state index contributed by atoms with van der Waals surface area (Å²) >= 11 is 0. The predicted octanol–water partition coefficient (Wildman–Crippen LogP) is 4.84. The first-order valence-electron chi connectivity index (χ1n) is 11.8. The van der Waals surface area contributed by atoms with Crippen molar-refractivity contribution in [2.75, 3.05) is 11.8 Å². The van der Waals surface area contributed by atoms with Crippen molar-refractivity contribution in [1.29, 1.82) is 0 Å². The van der Waals surface area contributed by atoms with Crippen molar-refractivity contribution < 1.29 is 22.7 Å². The van der Waals surface area contributed by atoms with Crippen molar-refractivity contribution in [3.8, 4) is 17.1 Å². The maximum atomic E-state index is 13.2. The Labute approximate surface area is 209 Å². The number of carbonyl (C=O) groups excluding carboxylic acids is 1. The summed E-state index contributed by atoms with van der Waals surface area (Å²) in [6.07, 6.45) is 4.46. The van der Waals surface area contributed by atoms with E-state index in [1.165, 1.54) is 37.1 Å². The van der Waals surface area contributed by atoms with E-state index in [0.29, 0.717) is 11.1 Å². The highest BCUT2D eigenvalue weighted by molar-refractivity contribution is 7.92. The number of nitrogens with zero attached hydrogens (tertiary/aromatic N) is 3. The Balaban J connectivity index is 1.40. The van der Waals surface area contributed by atoms with E-state index >= 15 is 0 Å². The molecule has 188 valence electrons. The Morgan fingerprint density at radius 2 is 1.75 bits per heavy atom.